The van der Waals surface area contributed by atoms with Crippen molar-refractivity contribution in [3.63, 3.8) is 0 Å². The van der Waals surface area contributed by atoms with Crippen LogP contribution in [-0.2, 0) is 35.3 Å². The van der Waals surface area contributed by atoms with Crippen LogP contribution in [0.2, 0.25) is 0 Å². The summed E-state index contributed by atoms with van der Waals surface area (Å²) < 4.78 is 11.1. The average molecular weight is 571 g/mol. The molecule has 1 unspecified atom stereocenters. The van der Waals surface area contributed by atoms with Crippen LogP contribution in [0.5, 0.6) is 0 Å². The molecule has 216 valence electrons. The van der Waals surface area contributed by atoms with Crippen molar-refractivity contribution in [2.24, 2.45) is 0 Å². The van der Waals surface area contributed by atoms with E-state index in [2.05, 4.69) is 10.6 Å². The number of nitrogens with zero attached hydrogens (tertiary/aromatic N) is 2. The lowest BCUT2D eigenvalue weighted by Gasteiger charge is -2.26. The molecular formula is C31H30N4O7. The smallest absolute Gasteiger partial charge is 0.310 e. The van der Waals surface area contributed by atoms with E-state index in [1.165, 1.54) is 16.7 Å². The Hall–Kier alpha value is -5.03. The number of nitrogens with one attached hydrogen (secondary N) is 2. The monoisotopic (exact) mass is 570 g/mol. The number of cyclic esters (lactones) is 1. The lowest BCUT2D eigenvalue weighted by Crippen LogP contribution is -2.55. The van der Waals surface area contributed by atoms with Gasteiger partial charge in [0.2, 0.25) is 18.1 Å². The summed E-state index contributed by atoms with van der Waals surface area (Å²) in [4.78, 5) is 67.6. The van der Waals surface area contributed by atoms with Gasteiger partial charge in [-0.15, -0.1) is 0 Å². The van der Waals surface area contributed by atoms with Gasteiger partial charge in [-0.25, -0.2) is 0 Å². The highest BCUT2D eigenvalue weighted by Crippen LogP contribution is 2.33. The first-order valence-corrected chi connectivity index (χ1v) is 13.5. The molecule has 0 bridgehead atoms. The zero-order valence-electron chi connectivity index (χ0n) is 22.9. The van der Waals surface area contributed by atoms with E-state index >= 15 is 0 Å². The number of esters is 1. The Bertz CT molecular complexity index is 1480. The van der Waals surface area contributed by atoms with Crippen molar-refractivity contribution in [2.75, 3.05) is 22.9 Å². The van der Waals surface area contributed by atoms with Crippen molar-refractivity contribution in [2.45, 2.75) is 38.3 Å². The molecular weight excluding hydrogens is 540 g/mol. The molecule has 4 amide bonds. The van der Waals surface area contributed by atoms with E-state index in [4.69, 9.17) is 9.47 Å². The van der Waals surface area contributed by atoms with Gasteiger partial charge in [0.1, 0.15) is 18.6 Å². The van der Waals surface area contributed by atoms with Crippen molar-refractivity contribution in [1.29, 1.82) is 0 Å². The standard InChI is InChI=1S/C31H30N4O7/c1-20(36)34-17-24(33-29(39)22-12-6-3-7-13-22)30(40)35(26-15-9-8-14-25(26)34)18-27(37)32-23-16-28(38)42-31(23)41-19-21-10-4-2-5-11-21/h2-15,23-24,31H,16-19H2,1H3,(H,32,37)(H,33,39)/t23-,24-,31?/m0/s1. The average Bonchev–Trinajstić information content (AvgIpc) is 3.30. The maximum absolute atomic E-state index is 13.9. The molecule has 11 nitrogen and oxygen atoms in total. The van der Waals surface area contributed by atoms with Crippen LogP contribution in [0.1, 0.15) is 29.3 Å². The third-order valence-electron chi connectivity index (χ3n) is 6.98. The minimum absolute atomic E-state index is 0.0936. The number of benzene rings is 3. The zero-order valence-corrected chi connectivity index (χ0v) is 22.9. The first kappa shape index (κ1) is 28.5. The molecule has 3 aromatic rings. The zero-order chi connectivity index (χ0) is 29.6. The maximum atomic E-state index is 13.9. The van der Waals surface area contributed by atoms with Crippen LogP contribution >= 0.6 is 0 Å². The largest absolute Gasteiger partial charge is 0.433 e. The number of hydrogen-bond acceptors (Lipinski definition) is 7. The molecule has 5 rings (SSSR count). The number of para-hydroxylation sites is 2. The molecule has 0 radical (unpaired) electrons. The van der Waals surface area contributed by atoms with Crippen molar-refractivity contribution < 1.29 is 33.4 Å². The Kier molecular flexibility index (Phi) is 8.58. The van der Waals surface area contributed by atoms with Gasteiger partial charge in [0.15, 0.2) is 0 Å². The molecule has 2 heterocycles. The van der Waals surface area contributed by atoms with Crippen molar-refractivity contribution in [3.8, 4) is 0 Å². The molecule has 3 atom stereocenters. The van der Waals surface area contributed by atoms with Gasteiger partial charge in [-0.2, -0.15) is 0 Å². The molecule has 11 heteroatoms. The molecule has 2 aliphatic rings. The molecule has 0 spiro atoms. The van der Waals surface area contributed by atoms with Gasteiger partial charge in [-0.05, 0) is 29.8 Å². The summed E-state index contributed by atoms with van der Waals surface area (Å²) in [6.07, 6.45) is -1.09. The van der Waals surface area contributed by atoms with Gasteiger partial charge in [0, 0.05) is 12.5 Å². The number of carbonyl (C=O) groups excluding carboxylic acids is 5. The number of rotatable bonds is 8. The summed E-state index contributed by atoms with van der Waals surface area (Å²) in [6.45, 7) is 0.983. The summed E-state index contributed by atoms with van der Waals surface area (Å²) >= 11 is 0. The Morgan fingerprint density at radius 2 is 1.52 bits per heavy atom. The maximum Gasteiger partial charge on any atom is 0.310 e. The van der Waals surface area contributed by atoms with E-state index in [1.54, 1.807) is 54.6 Å². The number of hydrogen-bond donors (Lipinski definition) is 2. The Morgan fingerprint density at radius 1 is 0.881 bits per heavy atom. The summed E-state index contributed by atoms with van der Waals surface area (Å²) in [6, 6.07) is 22.5. The number of ether oxygens (including phenoxy) is 2. The first-order valence-electron chi connectivity index (χ1n) is 13.5. The molecule has 2 aliphatic heterocycles. The number of carbonyl (C=O) groups is 5. The van der Waals surface area contributed by atoms with Crippen molar-refractivity contribution in [3.05, 3.63) is 96.1 Å². The van der Waals surface area contributed by atoms with E-state index in [1.807, 2.05) is 30.3 Å². The molecule has 42 heavy (non-hydrogen) atoms. The second-order valence-corrected chi connectivity index (χ2v) is 9.97. The fourth-order valence-electron chi connectivity index (χ4n) is 4.94. The molecule has 1 fully saturated rings. The Balaban J connectivity index is 1.35. The third-order valence-corrected chi connectivity index (χ3v) is 6.98. The van der Waals surface area contributed by atoms with Crippen LogP contribution in [0.3, 0.4) is 0 Å². The molecule has 0 aromatic heterocycles. The summed E-state index contributed by atoms with van der Waals surface area (Å²) in [5.41, 5.74) is 1.97. The summed E-state index contributed by atoms with van der Waals surface area (Å²) in [5.74, 6) is -2.48. The van der Waals surface area contributed by atoms with Crippen LogP contribution in [0.25, 0.3) is 0 Å². The highest BCUT2D eigenvalue weighted by molar-refractivity contribution is 6.10. The second-order valence-electron chi connectivity index (χ2n) is 9.97. The molecule has 3 aromatic carbocycles. The number of anilines is 2. The van der Waals surface area contributed by atoms with Gasteiger partial charge in [0.25, 0.3) is 11.8 Å². The molecule has 1 saturated heterocycles. The lowest BCUT2D eigenvalue weighted by molar-refractivity contribution is -0.168. The van der Waals surface area contributed by atoms with E-state index in [0.717, 1.165) is 5.56 Å². The topological polar surface area (TPSA) is 134 Å². The minimum Gasteiger partial charge on any atom is -0.433 e. The van der Waals surface area contributed by atoms with Gasteiger partial charge >= 0.3 is 5.97 Å². The molecule has 2 N–H and O–H groups in total. The number of amides is 4. The Labute approximate surface area is 242 Å². The molecule has 0 saturated carbocycles. The fourth-order valence-corrected chi connectivity index (χ4v) is 4.94. The van der Waals surface area contributed by atoms with Crippen LogP contribution in [-0.4, -0.2) is 61.1 Å². The van der Waals surface area contributed by atoms with Gasteiger partial charge in [-0.3, -0.25) is 28.9 Å². The van der Waals surface area contributed by atoms with Crippen LogP contribution in [0.15, 0.2) is 84.9 Å². The van der Waals surface area contributed by atoms with Crippen LogP contribution in [0.4, 0.5) is 11.4 Å². The predicted molar refractivity (Wildman–Crippen MR) is 152 cm³/mol. The van der Waals surface area contributed by atoms with Gasteiger partial charge in [0.05, 0.1) is 30.9 Å². The third kappa shape index (κ3) is 6.47. The van der Waals surface area contributed by atoms with Gasteiger partial charge < -0.3 is 25.0 Å². The van der Waals surface area contributed by atoms with Gasteiger partial charge in [-0.1, -0.05) is 60.7 Å². The van der Waals surface area contributed by atoms with Crippen LogP contribution in [0, 0.1) is 0 Å². The summed E-state index contributed by atoms with van der Waals surface area (Å²) in [5, 5.41) is 5.48. The second kappa shape index (κ2) is 12.6. The quantitative estimate of drug-likeness (QED) is 0.397. The first-order chi connectivity index (χ1) is 20.3. The molecule has 0 aliphatic carbocycles. The van der Waals surface area contributed by atoms with Crippen LogP contribution < -0.4 is 20.4 Å². The van der Waals surface area contributed by atoms with Crippen molar-refractivity contribution in [1.82, 2.24) is 10.6 Å². The SMILES string of the molecule is CC(=O)N1C[C@H](NC(=O)c2ccccc2)C(=O)N(CC(=O)N[C@H]2CC(=O)OC2OCc2ccccc2)c2ccccc21. The highest BCUT2D eigenvalue weighted by atomic mass is 16.7. The van der Waals surface area contributed by atoms with E-state index in [-0.39, 0.29) is 25.5 Å². The number of fused-ring (bicyclic) bond motifs is 1. The summed E-state index contributed by atoms with van der Waals surface area (Å²) in [7, 11) is 0. The van der Waals surface area contributed by atoms with E-state index < -0.39 is 48.6 Å². The minimum atomic E-state index is -1.14. The predicted octanol–water partition coefficient (Wildman–Crippen LogP) is 2.16. The normalized spacial score (nSPS) is 19.9. The Morgan fingerprint density at radius 3 is 2.21 bits per heavy atom. The fraction of sp³-hybridized carbons (Fsp3) is 0.258. The van der Waals surface area contributed by atoms with E-state index in [0.29, 0.717) is 16.9 Å². The highest BCUT2D eigenvalue weighted by Gasteiger charge is 2.40. The van der Waals surface area contributed by atoms with Crippen molar-refractivity contribution >= 4 is 41.0 Å². The lowest BCUT2D eigenvalue weighted by atomic mass is 10.1. The van der Waals surface area contributed by atoms with E-state index in [9.17, 15) is 24.0 Å².